The summed E-state index contributed by atoms with van der Waals surface area (Å²) >= 11 is 5.82. The van der Waals surface area contributed by atoms with E-state index < -0.39 is 23.8 Å². The van der Waals surface area contributed by atoms with Crippen LogP contribution in [0.25, 0.3) is 0 Å². The minimum atomic E-state index is -1.13. The van der Waals surface area contributed by atoms with Crippen LogP contribution in [0.4, 0.5) is 5.69 Å². The Balaban J connectivity index is 2.80. The van der Waals surface area contributed by atoms with Crippen LogP contribution >= 0.6 is 11.6 Å². The second kappa shape index (κ2) is 6.17. The van der Waals surface area contributed by atoms with Crippen molar-refractivity contribution in [3.8, 4) is 0 Å². The molecular weight excluding hydrogens is 274 g/mol. The van der Waals surface area contributed by atoms with Gasteiger partial charge < -0.3 is 21.9 Å². The van der Waals surface area contributed by atoms with Crippen molar-refractivity contribution in [2.24, 2.45) is 11.5 Å². The Kier molecular flexibility index (Phi) is 4.85. The zero-order valence-electron chi connectivity index (χ0n) is 9.72. The SMILES string of the molecule is NC(=O)CC(N)C(=O)Nc1ccc(C(=O)O)cc1Cl. The molecule has 0 aliphatic rings. The standard InChI is InChI=1S/C11H12ClN3O4/c12-6-3-5(11(18)19)1-2-8(6)15-10(17)7(13)4-9(14)16/h1-3,7H,4,13H2,(H2,14,16)(H,15,17)(H,18,19). The molecule has 1 unspecified atom stereocenters. The second-order valence-corrected chi connectivity index (χ2v) is 4.17. The summed E-state index contributed by atoms with van der Waals surface area (Å²) in [5.74, 6) is -2.47. The van der Waals surface area contributed by atoms with Gasteiger partial charge in [0.05, 0.1) is 28.7 Å². The Morgan fingerprint density at radius 1 is 1.37 bits per heavy atom. The number of primary amides is 1. The van der Waals surface area contributed by atoms with Crippen LogP contribution in [0.5, 0.6) is 0 Å². The average molecular weight is 286 g/mol. The fourth-order valence-corrected chi connectivity index (χ4v) is 1.51. The fourth-order valence-electron chi connectivity index (χ4n) is 1.28. The van der Waals surface area contributed by atoms with Crippen molar-refractivity contribution in [2.45, 2.75) is 12.5 Å². The number of carboxylic acid groups (broad SMARTS) is 1. The number of amides is 2. The van der Waals surface area contributed by atoms with E-state index in [1.165, 1.54) is 18.2 Å². The molecule has 0 fully saturated rings. The molecule has 0 saturated carbocycles. The van der Waals surface area contributed by atoms with Crippen LogP contribution < -0.4 is 16.8 Å². The number of aromatic carboxylic acids is 1. The van der Waals surface area contributed by atoms with Gasteiger partial charge >= 0.3 is 5.97 Å². The van der Waals surface area contributed by atoms with Crippen molar-refractivity contribution in [1.29, 1.82) is 0 Å². The summed E-state index contributed by atoms with van der Waals surface area (Å²) in [4.78, 5) is 32.9. The number of halogens is 1. The molecule has 7 nitrogen and oxygen atoms in total. The third kappa shape index (κ3) is 4.23. The van der Waals surface area contributed by atoms with E-state index in [4.69, 9.17) is 28.2 Å². The lowest BCUT2D eigenvalue weighted by Gasteiger charge is -2.12. The van der Waals surface area contributed by atoms with Gasteiger partial charge in [-0.1, -0.05) is 11.6 Å². The van der Waals surface area contributed by atoms with Crippen LogP contribution in [0.1, 0.15) is 16.8 Å². The van der Waals surface area contributed by atoms with Gasteiger partial charge in [-0.15, -0.1) is 0 Å². The number of hydrogen-bond acceptors (Lipinski definition) is 4. The minimum Gasteiger partial charge on any atom is -0.478 e. The molecule has 0 radical (unpaired) electrons. The van der Waals surface area contributed by atoms with Crippen molar-refractivity contribution < 1.29 is 19.5 Å². The van der Waals surface area contributed by atoms with Crippen molar-refractivity contribution in [3.63, 3.8) is 0 Å². The molecule has 6 N–H and O–H groups in total. The highest BCUT2D eigenvalue weighted by Crippen LogP contribution is 2.23. The Bertz CT molecular complexity index is 533. The molecule has 2 amide bonds. The van der Waals surface area contributed by atoms with Crippen LogP contribution in [0.3, 0.4) is 0 Å². The van der Waals surface area contributed by atoms with E-state index in [9.17, 15) is 14.4 Å². The quantitative estimate of drug-likeness (QED) is 0.612. The third-order valence-electron chi connectivity index (χ3n) is 2.23. The number of nitrogens with one attached hydrogen (secondary N) is 1. The number of carboxylic acids is 1. The van der Waals surface area contributed by atoms with Gasteiger partial charge in [0.1, 0.15) is 0 Å². The summed E-state index contributed by atoms with van der Waals surface area (Å²) in [6, 6.07) is 2.72. The molecule has 8 heteroatoms. The molecule has 1 aromatic rings. The average Bonchev–Trinajstić information content (AvgIpc) is 2.30. The van der Waals surface area contributed by atoms with Crippen LogP contribution in [-0.4, -0.2) is 28.9 Å². The van der Waals surface area contributed by atoms with Crippen molar-refractivity contribution in [1.82, 2.24) is 0 Å². The predicted molar refractivity (Wildman–Crippen MR) is 68.8 cm³/mol. The van der Waals surface area contributed by atoms with Crippen LogP contribution in [0, 0.1) is 0 Å². The fraction of sp³-hybridized carbons (Fsp3) is 0.182. The lowest BCUT2D eigenvalue weighted by Crippen LogP contribution is -2.39. The van der Waals surface area contributed by atoms with Gasteiger partial charge in [-0.3, -0.25) is 9.59 Å². The first kappa shape index (κ1) is 14.9. The number of carbonyl (C=O) groups excluding carboxylic acids is 2. The molecule has 0 bridgehead atoms. The summed E-state index contributed by atoms with van der Waals surface area (Å²) in [6.07, 6.45) is -0.295. The van der Waals surface area contributed by atoms with Crippen molar-refractivity contribution in [3.05, 3.63) is 28.8 Å². The molecule has 0 aliphatic heterocycles. The molecule has 1 rings (SSSR count). The van der Waals surface area contributed by atoms with Gasteiger partial charge in [0.2, 0.25) is 11.8 Å². The van der Waals surface area contributed by atoms with Gasteiger partial charge in [-0.2, -0.15) is 0 Å². The van der Waals surface area contributed by atoms with E-state index in [2.05, 4.69) is 5.32 Å². The van der Waals surface area contributed by atoms with Crippen molar-refractivity contribution in [2.75, 3.05) is 5.32 Å². The third-order valence-corrected chi connectivity index (χ3v) is 2.54. The molecule has 0 aromatic heterocycles. The molecule has 0 spiro atoms. The van der Waals surface area contributed by atoms with E-state index in [1.54, 1.807) is 0 Å². The lowest BCUT2D eigenvalue weighted by molar-refractivity contribution is -0.123. The highest BCUT2D eigenvalue weighted by atomic mass is 35.5. The molecular formula is C11H12ClN3O4. The van der Waals surface area contributed by atoms with Gasteiger partial charge in [0.25, 0.3) is 0 Å². The predicted octanol–water partition coefficient (Wildman–Crippen LogP) is 0.179. The number of benzene rings is 1. The summed E-state index contributed by atoms with van der Waals surface area (Å²) in [7, 11) is 0. The molecule has 102 valence electrons. The Labute approximate surface area is 113 Å². The van der Waals surface area contributed by atoms with Gasteiger partial charge in [0, 0.05) is 0 Å². The second-order valence-electron chi connectivity index (χ2n) is 3.77. The van der Waals surface area contributed by atoms with Crippen LogP contribution in [0.2, 0.25) is 5.02 Å². The lowest BCUT2D eigenvalue weighted by atomic mass is 10.1. The van der Waals surface area contributed by atoms with E-state index in [0.717, 1.165) is 0 Å². The maximum absolute atomic E-state index is 11.6. The Hall–Kier alpha value is -2.12. The highest BCUT2D eigenvalue weighted by Gasteiger charge is 2.17. The minimum absolute atomic E-state index is 0.00978. The summed E-state index contributed by atoms with van der Waals surface area (Å²) in [5, 5.41) is 11.2. The first-order valence-corrected chi connectivity index (χ1v) is 5.56. The normalized spacial score (nSPS) is 11.7. The first-order chi connectivity index (χ1) is 8.81. The number of carbonyl (C=O) groups is 3. The van der Waals surface area contributed by atoms with Crippen molar-refractivity contribution >= 4 is 35.1 Å². The van der Waals surface area contributed by atoms with Gasteiger partial charge in [-0.05, 0) is 18.2 Å². The monoisotopic (exact) mass is 285 g/mol. The summed E-state index contributed by atoms with van der Waals surface area (Å²) in [6.45, 7) is 0. The maximum atomic E-state index is 11.6. The van der Waals surface area contributed by atoms with E-state index in [0.29, 0.717) is 0 Å². The number of hydrogen-bond donors (Lipinski definition) is 4. The van der Waals surface area contributed by atoms with Gasteiger partial charge in [0.15, 0.2) is 0 Å². The number of nitrogens with two attached hydrogens (primary N) is 2. The Morgan fingerprint density at radius 3 is 2.47 bits per heavy atom. The first-order valence-electron chi connectivity index (χ1n) is 5.19. The Morgan fingerprint density at radius 2 is 2.00 bits per heavy atom. The maximum Gasteiger partial charge on any atom is 0.335 e. The largest absolute Gasteiger partial charge is 0.478 e. The molecule has 0 saturated heterocycles. The van der Waals surface area contributed by atoms with Crippen LogP contribution in [-0.2, 0) is 9.59 Å². The molecule has 0 aliphatic carbocycles. The molecule has 19 heavy (non-hydrogen) atoms. The summed E-state index contributed by atoms with van der Waals surface area (Å²) < 4.78 is 0. The zero-order valence-corrected chi connectivity index (χ0v) is 10.5. The molecule has 0 heterocycles. The van der Waals surface area contributed by atoms with E-state index >= 15 is 0 Å². The summed E-state index contributed by atoms with van der Waals surface area (Å²) in [5.41, 5.74) is 10.6. The van der Waals surface area contributed by atoms with E-state index in [1.807, 2.05) is 0 Å². The zero-order chi connectivity index (χ0) is 14.6. The topological polar surface area (TPSA) is 136 Å². The molecule has 1 atom stereocenters. The van der Waals surface area contributed by atoms with Crippen LogP contribution in [0.15, 0.2) is 18.2 Å². The smallest absolute Gasteiger partial charge is 0.335 e. The number of rotatable bonds is 5. The number of anilines is 1. The van der Waals surface area contributed by atoms with Gasteiger partial charge in [-0.25, -0.2) is 4.79 Å². The highest BCUT2D eigenvalue weighted by molar-refractivity contribution is 6.34. The van der Waals surface area contributed by atoms with E-state index in [-0.39, 0.29) is 22.7 Å². The molecule has 1 aromatic carbocycles.